The number of halogens is 1. The molecule has 1 aromatic carbocycles. The van der Waals surface area contributed by atoms with Gasteiger partial charge in [-0.3, -0.25) is 4.99 Å². The van der Waals surface area contributed by atoms with Crippen LogP contribution in [-0.4, -0.2) is 37.2 Å². The van der Waals surface area contributed by atoms with Crippen LogP contribution in [0.25, 0.3) is 0 Å². The quantitative estimate of drug-likeness (QED) is 0.329. The standard InChI is InChI=1S/C23H30N4O2.HI/c1-24-23(25-12-10-17-6-8-21-19(14-17)11-13-28-21)27-16-18-7-9-22(26-15-18)29-20-4-2-3-5-20;/h6-9,14-15,20H,2-5,10-13,16H2,1H3,(H2,24,25,27);1H. The fourth-order valence-corrected chi connectivity index (χ4v) is 3.89. The molecule has 1 fully saturated rings. The highest BCUT2D eigenvalue weighted by molar-refractivity contribution is 14.0. The topological polar surface area (TPSA) is 67.8 Å². The second-order valence-electron chi connectivity index (χ2n) is 7.67. The van der Waals surface area contributed by atoms with Gasteiger partial charge in [0, 0.05) is 38.8 Å². The van der Waals surface area contributed by atoms with E-state index in [4.69, 9.17) is 9.47 Å². The van der Waals surface area contributed by atoms with E-state index in [2.05, 4.69) is 44.9 Å². The minimum atomic E-state index is 0. The molecule has 2 heterocycles. The Morgan fingerprint density at radius 2 is 2.00 bits per heavy atom. The minimum Gasteiger partial charge on any atom is -0.493 e. The van der Waals surface area contributed by atoms with Crippen molar-refractivity contribution in [3.63, 3.8) is 0 Å². The number of pyridine rings is 1. The monoisotopic (exact) mass is 522 g/mol. The van der Waals surface area contributed by atoms with E-state index in [1.165, 1.54) is 24.0 Å². The Morgan fingerprint density at radius 1 is 1.17 bits per heavy atom. The molecule has 1 aliphatic heterocycles. The number of guanidine groups is 1. The lowest BCUT2D eigenvalue weighted by Crippen LogP contribution is -2.37. The van der Waals surface area contributed by atoms with E-state index in [0.717, 1.165) is 62.0 Å². The van der Waals surface area contributed by atoms with E-state index < -0.39 is 0 Å². The van der Waals surface area contributed by atoms with E-state index in [-0.39, 0.29) is 24.0 Å². The zero-order chi connectivity index (χ0) is 19.9. The van der Waals surface area contributed by atoms with Crippen LogP contribution in [0.2, 0.25) is 0 Å². The van der Waals surface area contributed by atoms with Crippen LogP contribution in [0.5, 0.6) is 11.6 Å². The van der Waals surface area contributed by atoms with E-state index in [1.807, 2.05) is 12.3 Å². The summed E-state index contributed by atoms with van der Waals surface area (Å²) < 4.78 is 11.5. The number of hydrogen-bond donors (Lipinski definition) is 2. The first kappa shape index (κ1) is 22.7. The normalized spacial score (nSPS) is 15.8. The molecule has 30 heavy (non-hydrogen) atoms. The number of benzene rings is 1. The van der Waals surface area contributed by atoms with Gasteiger partial charge < -0.3 is 20.1 Å². The molecule has 0 saturated heterocycles. The third kappa shape index (κ3) is 6.23. The molecule has 0 amide bonds. The molecule has 1 saturated carbocycles. The van der Waals surface area contributed by atoms with Gasteiger partial charge in [0.2, 0.25) is 5.88 Å². The smallest absolute Gasteiger partial charge is 0.213 e. The summed E-state index contributed by atoms with van der Waals surface area (Å²) >= 11 is 0. The van der Waals surface area contributed by atoms with Crippen LogP contribution in [-0.2, 0) is 19.4 Å². The molecule has 162 valence electrons. The maximum atomic E-state index is 5.92. The summed E-state index contributed by atoms with van der Waals surface area (Å²) in [6, 6.07) is 10.5. The van der Waals surface area contributed by atoms with Crippen LogP contribution >= 0.6 is 24.0 Å². The molecular formula is C23H31IN4O2. The Labute approximate surface area is 195 Å². The molecule has 0 atom stereocenters. The molecule has 2 aromatic rings. The predicted octanol–water partition coefficient (Wildman–Crippen LogP) is 3.86. The molecule has 7 heteroatoms. The molecule has 2 aliphatic rings. The van der Waals surface area contributed by atoms with E-state index in [9.17, 15) is 0 Å². The van der Waals surface area contributed by atoms with Gasteiger partial charge in [-0.2, -0.15) is 0 Å². The van der Waals surface area contributed by atoms with E-state index in [1.54, 1.807) is 7.05 Å². The fraction of sp³-hybridized carbons (Fsp3) is 0.478. The summed E-state index contributed by atoms with van der Waals surface area (Å²) in [4.78, 5) is 8.75. The Bertz CT molecular complexity index is 836. The zero-order valence-electron chi connectivity index (χ0n) is 17.5. The summed E-state index contributed by atoms with van der Waals surface area (Å²) in [5.41, 5.74) is 3.74. The highest BCUT2D eigenvalue weighted by Gasteiger charge is 2.16. The molecule has 0 unspecified atom stereocenters. The van der Waals surface area contributed by atoms with Crippen LogP contribution in [0.1, 0.15) is 42.4 Å². The summed E-state index contributed by atoms with van der Waals surface area (Å²) in [5.74, 6) is 2.55. The van der Waals surface area contributed by atoms with Crippen molar-refractivity contribution >= 4 is 29.9 Å². The van der Waals surface area contributed by atoms with Crippen molar-refractivity contribution < 1.29 is 9.47 Å². The molecule has 6 nitrogen and oxygen atoms in total. The number of nitrogens with one attached hydrogen (secondary N) is 2. The van der Waals surface area contributed by atoms with Gasteiger partial charge in [0.15, 0.2) is 5.96 Å². The number of hydrogen-bond acceptors (Lipinski definition) is 4. The molecule has 1 aromatic heterocycles. The van der Waals surface area contributed by atoms with Crippen molar-refractivity contribution in [1.82, 2.24) is 15.6 Å². The van der Waals surface area contributed by atoms with Gasteiger partial charge in [-0.25, -0.2) is 4.98 Å². The van der Waals surface area contributed by atoms with E-state index >= 15 is 0 Å². The predicted molar refractivity (Wildman–Crippen MR) is 130 cm³/mol. The van der Waals surface area contributed by atoms with Crippen molar-refractivity contribution in [2.24, 2.45) is 4.99 Å². The molecule has 1 aliphatic carbocycles. The Morgan fingerprint density at radius 3 is 2.77 bits per heavy atom. The molecule has 2 N–H and O–H groups in total. The molecule has 0 radical (unpaired) electrons. The Kier molecular flexibility index (Phi) is 8.60. The molecular weight excluding hydrogens is 491 g/mol. The molecule has 4 rings (SSSR count). The third-order valence-corrected chi connectivity index (χ3v) is 5.53. The van der Waals surface area contributed by atoms with Crippen LogP contribution < -0.4 is 20.1 Å². The maximum Gasteiger partial charge on any atom is 0.213 e. The summed E-state index contributed by atoms with van der Waals surface area (Å²) in [6.07, 6.45) is 8.99. The zero-order valence-corrected chi connectivity index (χ0v) is 19.9. The van der Waals surface area contributed by atoms with Gasteiger partial charge in [0.25, 0.3) is 0 Å². The molecule has 0 spiro atoms. The number of aliphatic imine (C=N–C) groups is 1. The number of ether oxygens (including phenoxy) is 2. The summed E-state index contributed by atoms with van der Waals surface area (Å²) in [6.45, 7) is 2.30. The van der Waals surface area contributed by atoms with Crippen molar-refractivity contribution in [3.05, 3.63) is 53.2 Å². The number of nitrogens with zero attached hydrogens (tertiary/aromatic N) is 2. The number of fused-ring (bicyclic) bond motifs is 1. The number of rotatable bonds is 7. The van der Waals surface area contributed by atoms with E-state index in [0.29, 0.717) is 12.6 Å². The maximum absolute atomic E-state index is 5.92. The van der Waals surface area contributed by atoms with Crippen molar-refractivity contribution in [1.29, 1.82) is 0 Å². The number of aromatic nitrogens is 1. The first-order valence-corrected chi connectivity index (χ1v) is 10.6. The second-order valence-corrected chi connectivity index (χ2v) is 7.67. The van der Waals surface area contributed by atoms with Gasteiger partial charge in [-0.15, -0.1) is 24.0 Å². The summed E-state index contributed by atoms with van der Waals surface area (Å²) in [5, 5.41) is 6.72. The SMILES string of the molecule is CN=C(NCCc1ccc2c(c1)CCO2)NCc1ccc(OC2CCCC2)nc1.I. The van der Waals surface area contributed by atoms with Crippen LogP contribution in [0.15, 0.2) is 41.5 Å². The minimum absolute atomic E-state index is 0. The van der Waals surface area contributed by atoms with Crippen molar-refractivity contribution in [2.75, 3.05) is 20.2 Å². The lowest BCUT2D eigenvalue weighted by Gasteiger charge is -2.14. The van der Waals surface area contributed by atoms with Gasteiger partial charge >= 0.3 is 0 Å². The Hall–Kier alpha value is -2.03. The Balaban J connectivity index is 0.00000256. The lowest BCUT2D eigenvalue weighted by molar-refractivity contribution is 0.201. The van der Waals surface area contributed by atoms with Gasteiger partial charge in [0.05, 0.1) is 6.61 Å². The first-order chi connectivity index (χ1) is 14.3. The first-order valence-electron chi connectivity index (χ1n) is 10.6. The van der Waals surface area contributed by atoms with Gasteiger partial charge in [-0.05, 0) is 54.9 Å². The average molecular weight is 522 g/mol. The van der Waals surface area contributed by atoms with Crippen LogP contribution in [0, 0.1) is 0 Å². The fourth-order valence-electron chi connectivity index (χ4n) is 3.89. The highest BCUT2D eigenvalue weighted by Crippen LogP contribution is 2.26. The lowest BCUT2D eigenvalue weighted by atomic mass is 10.1. The highest BCUT2D eigenvalue weighted by atomic mass is 127. The van der Waals surface area contributed by atoms with Crippen LogP contribution in [0.3, 0.4) is 0 Å². The summed E-state index contributed by atoms with van der Waals surface area (Å²) in [7, 11) is 1.79. The average Bonchev–Trinajstić information content (AvgIpc) is 3.43. The second kappa shape index (κ2) is 11.4. The van der Waals surface area contributed by atoms with Crippen molar-refractivity contribution in [2.45, 2.75) is 51.2 Å². The van der Waals surface area contributed by atoms with Gasteiger partial charge in [0.1, 0.15) is 11.9 Å². The van der Waals surface area contributed by atoms with Crippen LogP contribution in [0.4, 0.5) is 0 Å². The van der Waals surface area contributed by atoms with Gasteiger partial charge in [-0.1, -0.05) is 18.2 Å². The third-order valence-electron chi connectivity index (χ3n) is 5.53. The largest absolute Gasteiger partial charge is 0.493 e. The van der Waals surface area contributed by atoms with Crippen molar-refractivity contribution in [3.8, 4) is 11.6 Å². The molecule has 0 bridgehead atoms.